The molecule has 0 aliphatic heterocycles. The normalized spacial score (nSPS) is 11.2. The summed E-state index contributed by atoms with van der Waals surface area (Å²) < 4.78 is 43.7. The van der Waals surface area contributed by atoms with Gasteiger partial charge in [0.05, 0.1) is 32.2 Å². The first-order chi connectivity index (χ1) is 8.33. The minimum absolute atomic E-state index is 0.0904. The summed E-state index contributed by atoms with van der Waals surface area (Å²) in [6.45, 7) is 5.67. The van der Waals surface area contributed by atoms with Crippen molar-refractivity contribution in [3.63, 3.8) is 0 Å². The van der Waals surface area contributed by atoms with Crippen LogP contribution in [-0.2, 0) is 29.1 Å². The Hall–Kier alpha value is -0.960. The molecule has 0 radical (unpaired) electrons. The highest BCUT2D eigenvalue weighted by atomic mass is 32.2. The Balaban J connectivity index is 3.27. The predicted octanol–water partition coefficient (Wildman–Crippen LogP) is 0.0267. The van der Waals surface area contributed by atoms with Gasteiger partial charge in [-0.25, -0.2) is 4.79 Å². The molecule has 0 fully saturated rings. The molecule has 0 aromatic carbocycles. The van der Waals surface area contributed by atoms with Gasteiger partial charge >= 0.3 is 5.97 Å². The molecule has 0 saturated heterocycles. The molecule has 0 bridgehead atoms. The molecule has 0 aliphatic rings. The lowest BCUT2D eigenvalue weighted by molar-refractivity contribution is -0.140. The van der Waals surface area contributed by atoms with Crippen molar-refractivity contribution >= 4 is 16.1 Å². The van der Waals surface area contributed by atoms with Gasteiger partial charge in [0, 0.05) is 5.57 Å². The molecule has 106 valence electrons. The molecule has 0 unspecified atom stereocenters. The van der Waals surface area contributed by atoms with Crippen LogP contribution >= 0.6 is 0 Å². The summed E-state index contributed by atoms with van der Waals surface area (Å²) in [6.07, 6.45) is 0. The standard InChI is InChI=1S/C10H18O7S/c1-9(2)10(11)17-6-5-15-3-4-16-7-8-18(12,13)14/h1,3-8H2,2H3,(H,12,13,14). The number of ether oxygens (including phenoxy) is 3. The average Bonchev–Trinajstić information content (AvgIpc) is 2.24. The predicted molar refractivity (Wildman–Crippen MR) is 63.8 cm³/mol. The summed E-state index contributed by atoms with van der Waals surface area (Å²) in [5, 5.41) is 0. The van der Waals surface area contributed by atoms with Gasteiger partial charge in [0.15, 0.2) is 0 Å². The Kier molecular flexibility index (Phi) is 8.55. The molecule has 8 heteroatoms. The highest BCUT2D eigenvalue weighted by Crippen LogP contribution is 1.91. The molecule has 0 rings (SSSR count). The maximum atomic E-state index is 10.9. The molecule has 0 heterocycles. The Labute approximate surface area is 106 Å². The molecule has 0 saturated carbocycles. The average molecular weight is 282 g/mol. The van der Waals surface area contributed by atoms with Crippen molar-refractivity contribution in [2.45, 2.75) is 6.92 Å². The molecule has 0 amide bonds. The molecule has 18 heavy (non-hydrogen) atoms. The largest absolute Gasteiger partial charge is 0.460 e. The van der Waals surface area contributed by atoms with E-state index in [9.17, 15) is 13.2 Å². The second-order valence-electron chi connectivity index (χ2n) is 3.43. The highest BCUT2D eigenvalue weighted by molar-refractivity contribution is 7.85. The van der Waals surface area contributed by atoms with Crippen LogP contribution in [0.25, 0.3) is 0 Å². The van der Waals surface area contributed by atoms with Gasteiger partial charge in [-0.05, 0) is 6.92 Å². The van der Waals surface area contributed by atoms with Gasteiger partial charge in [0.2, 0.25) is 0 Å². The quantitative estimate of drug-likeness (QED) is 0.261. The second-order valence-corrected chi connectivity index (χ2v) is 5.00. The molecular formula is C10H18O7S. The Morgan fingerprint density at radius 1 is 1.11 bits per heavy atom. The maximum Gasteiger partial charge on any atom is 0.333 e. The van der Waals surface area contributed by atoms with Gasteiger partial charge in [0.25, 0.3) is 10.1 Å². The van der Waals surface area contributed by atoms with Crippen LogP contribution in [0.3, 0.4) is 0 Å². The Bertz CT molecular complexity index is 360. The van der Waals surface area contributed by atoms with E-state index in [0.717, 1.165) is 0 Å². The lowest BCUT2D eigenvalue weighted by Crippen LogP contribution is -2.15. The lowest BCUT2D eigenvalue weighted by atomic mass is 10.4. The van der Waals surface area contributed by atoms with E-state index in [2.05, 4.69) is 6.58 Å². The molecule has 0 aromatic rings. The third kappa shape index (κ3) is 11.5. The van der Waals surface area contributed by atoms with Crippen molar-refractivity contribution in [1.82, 2.24) is 0 Å². The number of hydrogen-bond donors (Lipinski definition) is 1. The number of esters is 1. The summed E-state index contributed by atoms with van der Waals surface area (Å²) in [5.74, 6) is -0.911. The highest BCUT2D eigenvalue weighted by Gasteiger charge is 2.03. The van der Waals surface area contributed by atoms with Crippen LogP contribution in [0.4, 0.5) is 0 Å². The van der Waals surface area contributed by atoms with Crippen LogP contribution < -0.4 is 0 Å². The first-order valence-electron chi connectivity index (χ1n) is 5.26. The van der Waals surface area contributed by atoms with Crippen molar-refractivity contribution in [3.8, 4) is 0 Å². The SMILES string of the molecule is C=C(C)C(=O)OCCOCCOCCS(=O)(=O)O. The van der Waals surface area contributed by atoms with Crippen LogP contribution in [-0.4, -0.2) is 57.7 Å². The zero-order valence-electron chi connectivity index (χ0n) is 10.3. The van der Waals surface area contributed by atoms with Crippen molar-refractivity contribution < 1.29 is 32.0 Å². The van der Waals surface area contributed by atoms with Crippen LogP contribution in [0.5, 0.6) is 0 Å². The summed E-state index contributed by atoms with van der Waals surface area (Å²) in [5.41, 5.74) is 0.323. The summed E-state index contributed by atoms with van der Waals surface area (Å²) in [4.78, 5) is 10.9. The summed E-state index contributed by atoms with van der Waals surface area (Å²) in [6, 6.07) is 0. The zero-order valence-corrected chi connectivity index (χ0v) is 11.1. The number of rotatable bonds is 10. The summed E-state index contributed by atoms with van der Waals surface area (Å²) in [7, 11) is -3.97. The van der Waals surface area contributed by atoms with E-state index in [4.69, 9.17) is 18.8 Å². The molecule has 0 spiro atoms. The van der Waals surface area contributed by atoms with E-state index in [1.165, 1.54) is 0 Å². The van der Waals surface area contributed by atoms with Gasteiger partial charge < -0.3 is 14.2 Å². The smallest absolute Gasteiger partial charge is 0.333 e. The topological polar surface area (TPSA) is 99.1 Å². The third-order valence-corrected chi connectivity index (χ3v) is 2.35. The monoisotopic (exact) mass is 282 g/mol. The molecule has 0 aliphatic carbocycles. The second kappa shape index (κ2) is 9.03. The van der Waals surface area contributed by atoms with Gasteiger partial charge in [-0.1, -0.05) is 6.58 Å². The maximum absolute atomic E-state index is 10.9. The summed E-state index contributed by atoms with van der Waals surface area (Å²) >= 11 is 0. The Morgan fingerprint density at radius 2 is 1.61 bits per heavy atom. The molecular weight excluding hydrogens is 264 g/mol. The minimum Gasteiger partial charge on any atom is -0.460 e. The molecule has 0 atom stereocenters. The molecule has 1 N–H and O–H groups in total. The van der Waals surface area contributed by atoms with Gasteiger partial charge in [-0.2, -0.15) is 8.42 Å². The van der Waals surface area contributed by atoms with E-state index >= 15 is 0 Å². The van der Waals surface area contributed by atoms with E-state index in [0.29, 0.717) is 5.57 Å². The number of carbonyl (C=O) groups is 1. The number of carbonyl (C=O) groups excluding carboxylic acids is 1. The van der Waals surface area contributed by atoms with Gasteiger partial charge in [-0.3, -0.25) is 4.55 Å². The van der Waals surface area contributed by atoms with Crippen LogP contribution in [0.1, 0.15) is 6.92 Å². The van der Waals surface area contributed by atoms with Crippen molar-refractivity contribution in [1.29, 1.82) is 0 Å². The van der Waals surface area contributed by atoms with Crippen molar-refractivity contribution in [3.05, 3.63) is 12.2 Å². The van der Waals surface area contributed by atoms with E-state index in [-0.39, 0.29) is 33.0 Å². The minimum atomic E-state index is -3.97. The van der Waals surface area contributed by atoms with Crippen molar-refractivity contribution in [2.75, 3.05) is 38.8 Å². The van der Waals surface area contributed by atoms with E-state index in [1.54, 1.807) is 6.92 Å². The van der Waals surface area contributed by atoms with Crippen molar-refractivity contribution in [2.24, 2.45) is 0 Å². The zero-order chi connectivity index (χ0) is 14.0. The molecule has 7 nitrogen and oxygen atoms in total. The van der Waals surface area contributed by atoms with Crippen LogP contribution in [0, 0.1) is 0 Å². The molecule has 0 aromatic heterocycles. The Morgan fingerprint density at radius 3 is 2.11 bits per heavy atom. The van der Waals surface area contributed by atoms with Crippen LogP contribution in [0.15, 0.2) is 12.2 Å². The fourth-order valence-electron chi connectivity index (χ4n) is 0.803. The first-order valence-corrected chi connectivity index (χ1v) is 6.87. The third-order valence-electron chi connectivity index (χ3n) is 1.67. The lowest BCUT2D eigenvalue weighted by Gasteiger charge is -2.06. The van der Waals surface area contributed by atoms with E-state index < -0.39 is 21.8 Å². The first kappa shape index (κ1) is 17.0. The van der Waals surface area contributed by atoms with Gasteiger partial charge in [-0.15, -0.1) is 0 Å². The van der Waals surface area contributed by atoms with Crippen LogP contribution in [0.2, 0.25) is 0 Å². The number of hydrogen-bond acceptors (Lipinski definition) is 6. The fraction of sp³-hybridized carbons (Fsp3) is 0.700. The van der Waals surface area contributed by atoms with Gasteiger partial charge in [0.1, 0.15) is 6.61 Å². The van der Waals surface area contributed by atoms with E-state index in [1.807, 2.05) is 0 Å². The fourth-order valence-corrected chi connectivity index (χ4v) is 1.13.